The number of aromatic nitrogens is 1. The van der Waals surface area contributed by atoms with Crippen LogP contribution in [0.15, 0.2) is 42.5 Å². The van der Waals surface area contributed by atoms with E-state index in [1.165, 1.54) is 12.6 Å². The number of hydrogen-bond acceptors (Lipinski definition) is 4. The summed E-state index contributed by atoms with van der Waals surface area (Å²) >= 11 is 0. The number of rotatable bonds is 10. The predicted octanol–water partition coefficient (Wildman–Crippen LogP) is 4.87. The smallest absolute Gasteiger partial charge is 0.328 e. The molecule has 0 fully saturated rings. The fourth-order valence-corrected chi connectivity index (χ4v) is 4.47. The van der Waals surface area contributed by atoms with E-state index in [1.807, 2.05) is 51.1 Å². The third kappa shape index (κ3) is 5.95. The van der Waals surface area contributed by atoms with E-state index in [-0.39, 0.29) is 36.5 Å². The number of anilines is 1. The molecule has 3 aromatic rings. The van der Waals surface area contributed by atoms with Crippen LogP contribution in [-0.4, -0.2) is 35.5 Å². The number of fused-ring (bicyclic) bond motifs is 3. The van der Waals surface area contributed by atoms with Gasteiger partial charge in [-0.25, -0.2) is 4.79 Å². The number of carbonyl (C=O) groups excluding carboxylic acids is 3. The summed E-state index contributed by atoms with van der Waals surface area (Å²) in [6.07, 6.45) is 0.863. The lowest BCUT2D eigenvalue weighted by Gasteiger charge is -2.19. The minimum atomic E-state index is -0.671. The quantitative estimate of drug-likeness (QED) is 0.418. The number of methoxy groups -OCH3 is 1. The van der Waals surface area contributed by atoms with E-state index >= 15 is 0 Å². The summed E-state index contributed by atoms with van der Waals surface area (Å²) in [7, 11) is 1.31. The highest BCUT2D eigenvalue weighted by Crippen LogP contribution is 2.31. The van der Waals surface area contributed by atoms with Crippen molar-refractivity contribution >= 4 is 45.3 Å². The van der Waals surface area contributed by atoms with Crippen LogP contribution in [-0.2, 0) is 25.7 Å². The molecular weight excluding hydrogens is 430 g/mol. The van der Waals surface area contributed by atoms with Gasteiger partial charge in [0, 0.05) is 46.9 Å². The number of ether oxygens (including phenoxy) is 1. The Morgan fingerprint density at radius 3 is 2.29 bits per heavy atom. The topological polar surface area (TPSA) is 89.4 Å². The molecule has 3 rings (SSSR count). The average Bonchev–Trinajstić information content (AvgIpc) is 3.10. The standard InChI is InChI=1S/C27H35N3O4/c1-6-30-23-10-8-7-9-20(23)21-16-19(11-12-24(21)30)28-25(31)14-18(4)15-26(32)29-22(13-17(2)3)27(33)34-5/h7-12,16-18,22H,6,13-15H2,1-5H3,(H,28,31)(H,29,32). The Morgan fingerprint density at radius 1 is 0.941 bits per heavy atom. The van der Waals surface area contributed by atoms with Crippen LogP contribution in [0.3, 0.4) is 0 Å². The summed E-state index contributed by atoms with van der Waals surface area (Å²) in [6, 6.07) is 13.5. The summed E-state index contributed by atoms with van der Waals surface area (Å²) in [4.78, 5) is 37.1. The normalized spacial score (nSPS) is 13.1. The van der Waals surface area contributed by atoms with Crippen molar-refractivity contribution in [2.24, 2.45) is 11.8 Å². The number of para-hydroxylation sites is 1. The van der Waals surface area contributed by atoms with E-state index in [0.717, 1.165) is 28.5 Å². The predicted molar refractivity (Wildman–Crippen MR) is 136 cm³/mol. The van der Waals surface area contributed by atoms with E-state index in [0.29, 0.717) is 6.42 Å². The van der Waals surface area contributed by atoms with Crippen LogP contribution >= 0.6 is 0 Å². The van der Waals surface area contributed by atoms with Gasteiger partial charge in [0.05, 0.1) is 7.11 Å². The first-order chi connectivity index (χ1) is 16.2. The van der Waals surface area contributed by atoms with Gasteiger partial charge < -0.3 is 19.9 Å². The molecular formula is C27H35N3O4. The van der Waals surface area contributed by atoms with Gasteiger partial charge >= 0.3 is 5.97 Å². The molecule has 0 aliphatic heterocycles. The SMILES string of the molecule is CCn1c2ccccc2c2cc(NC(=O)CC(C)CC(=O)NC(CC(C)C)C(=O)OC)ccc21. The molecule has 0 bridgehead atoms. The van der Waals surface area contributed by atoms with Crippen molar-refractivity contribution < 1.29 is 19.1 Å². The van der Waals surface area contributed by atoms with E-state index < -0.39 is 12.0 Å². The fourth-order valence-electron chi connectivity index (χ4n) is 4.47. The van der Waals surface area contributed by atoms with Crippen molar-refractivity contribution in [3.8, 4) is 0 Å². The number of amides is 2. The van der Waals surface area contributed by atoms with Crippen LogP contribution < -0.4 is 10.6 Å². The van der Waals surface area contributed by atoms with E-state index in [9.17, 15) is 14.4 Å². The number of hydrogen-bond donors (Lipinski definition) is 2. The van der Waals surface area contributed by atoms with Crippen molar-refractivity contribution in [1.82, 2.24) is 9.88 Å². The minimum Gasteiger partial charge on any atom is -0.467 e. The lowest BCUT2D eigenvalue weighted by molar-refractivity contribution is -0.145. The summed E-state index contributed by atoms with van der Waals surface area (Å²) in [6.45, 7) is 8.80. The Bertz CT molecular complexity index is 1180. The molecule has 2 amide bonds. The van der Waals surface area contributed by atoms with Crippen LogP contribution in [0.4, 0.5) is 5.69 Å². The molecule has 2 aromatic carbocycles. The number of carbonyl (C=O) groups is 3. The van der Waals surface area contributed by atoms with Gasteiger partial charge in [-0.15, -0.1) is 0 Å². The average molecular weight is 466 g/mol. The highest BCUT2D eigenvalue weighted by Gasteiger charge is 2.24. The van der Waals surface area contributed by atoms with Gasteiger partial charge in [0.15, 0.2) is 0 Å². The van der Waals surface area contributed by atoms with Gasteiger partial charge in [-0.3, -0.25) is 9.59 Å². The van der Waals surface area contributed by atoms with Crippen LogP contribution in [0.1, 0.15) is 47.0 Å². The Hall–Kier alpha value is -3.35. The number of nitrogens with one attached hydrogen (secondary N) is 2. The van der Waals surface area contributed by atoms with Crippen LogP contribution in [0.2, 0.25) is 0 Å². The molecule has 7 nitrogen and oxygen atoms in total. The monoisotopic (exact) mass is 465 g/mol. The maximum Gasteiger partial charge on any atom is 0.328 e. The summed E-state index contributed by atoms with van der Waals surface area (Å²) < 4.78 is 7.06. The number of nitrogens with zero attached hydrogens (tertiary/aromatic N) is 1. The number of esters is 1. The van der Waals surface area contributed by atoms with Gasteiger partial charge in [-0.1, -0.05) is 39.0 Å². The molecule has 182 valence electrons. The largest absolute Gasteiger partial charge is 0.467 e. The molecule has 0 radical (unpaired) electrons. The van der Waals surface area contributed by atoms with Crippen LogP contribution in [0.5, 0.6) is 0 Å². The van der Waals surface area contributed by atoms with Crippen LogP contribution in [0, 0.1) is 11.8 Å². The van der Waals surface area contributed by atoms with Crippen LogP contribution in [0.25, 0.3) is 21.8 Å². The van der Waals surface area contributed by atoms with Crippen molar-refractivity contribution in [3.05, 3.63) is 42.5 Å². The molecule has 0 aliphatic rings. The molecule has 2 unspecified atom stereocenters. The third-order valence-electron chi connectivity index (χ3n) is 5.97. The minimum absolute atomic E-state index is 0.148. The molecule has 34 heavy (non-hydrogen) atoms. The van der Waals surface area contributed by atoms with Crippen molar-refractivity contribution in [2.45, 2.75) is 59.5 Å². The fraction of sp³-hybridized carbons (Fsp3) is 0.444. The Kier molecular flexibility index (Phi) is 8.31. The highest BCUT2D eigenvalue weighted by molar-refractivity contribution is 6.09. The van der Waals surface area contributed by atoms with E-state index in [4.69, 9.17) is 4.74 Å². The molecule has 0 saturated carbocycles. The maximum absolute atomic E-state index is 12.7. The second kappa shape index (κ2) is 11.2. The third-order valence-corrected chi connectivity index (χ3v) is 5.97. The molecule has 0 spiro atoms. The zero-order valence-corrected chi connectivity index (χ0v) is 20.7. The van der Waals surface area contributed by atoms with Gasteiger partial charge in [0.1, 0.15) is 6.04 Å². The molecule has 1 heterocycles. The molecule has 0 aliphatic carbocycles. The number of benzene rings is 2. The van der Waals surface area contributed by atoms with Gasteiger partial charge in [0.25, 0.3) is 0 Å². The Labute approximate surface area is 200 Å². The van der Waals surface area contributed by atoms with E-state index in [1.54, 1.807) is 0 Å². The van der Waals surface area contributed by atoms with Gasteiger partial charge in [0.2, 0.25) is 11.8 Å². The maximum atomic E-state index is 12.7. The first-order valence-electron chi connectivity index (χ1n) is 11.9. The lowest BCUT2D eigenvalue weighted by Crippen LogP contribution is -2.42. The second-order valence-corrected chi connectivity index (χ2v) is 9.33. The molecule has 1 aromatic heterocycles. The highest BCUT2D eigenvalue weighted by atomic mass is 16.5. The molecule has 7 heteroatoms. The Morgan fingerprint density at radius 2 is 1.62 bits per heavy atom. The first-order valence-corrected chi connectivity index (χ1v) is 11.9. The van der Waals surface area contributed by atoms with Gasteiger partial charge in [-0.2, -0.15) is 0 Å². The summed E-state index contributed by atoms with van der Waals surface area (Å²) in [5.74, 6) is -0.803. The first kappa shape index (κ1) is 25.3. The zero-order chi connectivity index (χ0) is 24.8. The molecule has 0 saturated heterocycles. The van der Waals surface area contributed by atoms with Gasteiger partial charge in [-0.05, 0) is 49.4 Å². The lowest BCUT2D eigenvalue weighted by atomic mass is 10.0. The van der Waals surface area contributed by atoms with Crippen molar-refractivity contribution in [3.63, 3.8) is 0 Å². The van der Waals surface area contributed by atoms with Crippen molar-refractivity contribution in [1.29, 1.82) is 0 Å². The molecule has 2 atom stereocenters. The number of aryl methyl sites for hydroxylation is 1. The second-order valence-electron chi connectivity index (χ2n) is 9.33. The summed E-state index contributed by atoms with van der Waals surface area (Å²) in [5, 5.41) is 7.97. The van der Waals surface area contributed by atoms with E-state index in [2.05, 4.69) is 34.3 Å². The zero-order valence-electron chi connectivity index (χ0n) is 20.7. The summed E-state index contributed by atoms with van der Waals surface area (Å²) in [5.41, 5.74) is 3.04. The Balaban J connectivity index is 1.62. The molecule has 2 N–H and O–H groups in total. The van der Waals surface area contributed by atoms with Crippen molar-refractivity contribution in [2.75, 3.05) is 12.4 Å².